The first-order valence-corrected chi connectivity index (χ1v) is 12.0. The lowest BCUT2D eigenvalue weighted by Crippen LogP contribution is -2.24. The molecular formula is C21H25N5O3S2. The van der Waals surface area contributed by atoms with Crippen LogP contribution in [0.4, 0.5) is 5.69 Å². The summed E-state index contributed by atoms with van der Waals surface area (Å²) in [5, 5.41) is 9.83. The number of thioether (sulfide) groups is 1. The topological polar surface area (TPSA) is 108 Å². The number of aromatic amines is 1. The lowest BCUT2D eigenvalue weighted by molar-refractivity contribution is -0.115. The number of aromatic nitrogens is 3. The number of nitrogens with zero attached hydrogens (tertiary/aromatic N) is 3. The molecule has 0 spiro atoms. The first-order chi connectivity index (χ1) is 14.7. The molecule has 0 saturated carbocycles. The standard InChI is InChI=1S/C21H25N5O3S2/c1-5-15-9-11-16(12-10-15)19-23-21(25-24-19)30-14(2)20(27)22-17-7-6-8-18(13-17)31(28,29)26(3)4/h6-14H,5H2,1-4H3,(H,22,27)(H,23,24,25). The van der Waals surface area contributed by atoms with E-state index in [0.717, 1.165) is 16.3 Å². The Labute approximate surface area is 186 Å². The van der Waals surface area contributed by atoms with E-state index >= 15 is 0 Å². The maximum Gasteiger partial charge on any atom is 0.242 e. The minimum absolute atomic E-state index is 0.114. The van der Waals surface area contributed by atoms with Crippen LogP contribution in [0.5, 0.6) is 0 Å². The molecule has 0 radical (unpaired) electrons. The zero-order chi connectivity index (χ0) is 22.6. The van der Waals surface area contributed by atoms with Gasteiger partial charge in [-0.2, -0.15) is 0 Å². The van der Waals surface area contributed by atoms with E-state index in [-0.39, 0.29) is 10.8 Å². The number of aryl methyl sites for hydroxylation is 1. The van der Waals surface area contributed by atoms with Crippen LogP contribution in [-0.4, -0.2) is 53.2 Å². The van der Waals surface area contributed by atoms with Gasteiger partial charge in [0.05, 0.1) is 10.1 Å². The van der Waals surface area contributed by atoms with Gasteiger partial charge in [0.25, 0.3) is 0 Å². The van der Waals surface area contributed by atoms with Crippen LogP contribution in [0.2, 0.25) is 0 Å². The van der Waals surface area contributed by atoms with Crippen LogP contribution in [0.3, 0.4) is 0 Å². The number of carbonyl (C=O) groups is 1. The summed E-state index contributed by atoms with van der Waals surface area (Å²) in [5.74, 6) is 0.363. The molecule has 2 N–H and O–H groups in total. The second kappa shape index (κ2) is 9.63. The van der Waals surface area contributed by atoms with Crippen LogP contribution in [0.1, 0.15) is 19.4 Å². The highest BCUT2D eigenvalue weighted by Crippen LogP contribution is 2.24. The molecule has 1 atom stereocenters. The van der Waals surface area contributed by atoms with Gasteiger partial charge in [-0.3, -0.25) is 9.89 Å². The van der Waals surface area contributed by atoms with E-state index in [1.165, 1.54) is 43.6 Å². The van der Waals surface area contributed by atoms with Gasteiger partial charge in [-0.05, 0) is 37.1 Å². The van der Waals surface area contributed by atoms with Gasteiger partial charge in [-0.15, -0.1) is 5.10 Å². The summed E-state index contributed by atoms with van der Waals surface area (Å²) >= 11 is 1.22. The minimum Gasteiger partial charge on any atom is -0.325 e. The smallest absolute Gasteiger partial charge is 0.242 e. The lowest BCUT2D eigenvalue weighted by Gasteiger charge is -2.14. The van der Waals surface area contributed by atoms with E-state index in [1.807, 2.05) is 24.3 Å². The van der Waals surface area contributed by atoms with Crippen molar-refractivity contribution in [3.05, 3.63) is 54.1 Å². The van der Waals surface area contributed by atoms with Gasteiger partial charge < -0.3 is 5.32 Å². The van der Waals surface area contributed by atoms with E-state index in [4.69, 9.17) is 0 Å². The van der Waals surface area contributed by atoms with Crippen molar-refractivity contribution in [1.29, 1.82) is 0 Å². The number of nitrogens with one attached hydrogen (secondary N) is 2. The highest BCUT2D eigenvalue weighted by atomic mass is 32.2. The van der Waals surface area contributed by atoms with Crippen molar-refractivity contribution in [3.8, 4) is 11.4 Å². The quantitative estimate of drug-likeness (QED) is 0.500. The van der Waals surface area contributed by atoms with E-state index in [9.17, 15) is 13.2 Å². The number of anilines is 1. The fraction of sp³-hybridized carbons (Fsp3) is 0.286. The molecule has 1 unspecified atom stereocenters. The van der Waals surface area contributed by atoms with Crippen molar-refractivity contribution in [1.82, 2.24) is 19.5 Å². The molecule has 0 aliphatic rings. The Morgan fingerprint density at radius 1 is 1.19 bits per heavy atom. The van der Waals surface area contributed by atoms with Crippen LogP contribution in [-0.2, 0) is 21.2 Å². The predicted octanol–water partition coefficient (Wildman–Crippen LogP) is 3.40. The molecule has 1 aromatic heterocycles. The van der Waals surface area contributed by atoms with Crippen molar-refractivity contribution in [3.63, 3.8) is 0 Å². The lowest BCUT2D eigenvalue weighted by atomic mass is 10.1. The van der Waals surface area contributed by atoms with Crippen LogP contribution >= 0.6 is 11.8 Å². The maximum absolute atomic E-state index is 12.6. The molecule has 0 saturated heterocycles. The average molecular weight is 460 g/mol. The molecule has 31 heavy (non-hydrogen) atoms. The number of hydrogen-bond acceptors (Lipinski definition) is 6. The van der Waals surface area contributed by atoms with Gasteiger partial charge in [-0.25, -0.2) is 17.7 Å². The van der Waals surface area contributed by atoms with Gasteiger partial charge in [0.15, 0.2) is 5.82 Å². The summed E-state index contributed by atoms with van der Waals surface area (Å²) in [5.41, 5.74) is 2.57. The number of amides is 1. The molecule has 3 aromatic rings. The van der Waals surface area contributed by atoms with Gasteiger partial charge >= 0.3 is 0 Å². The average Bonchev–Trinajstić information content (AvgIpc) is 3.22. The van der Waals surface area contributed by atoms with Gasteiger partial charge in [0.1, 0.15) is 0 Å². The maximum atomic E-state index is 12.6. The Kier molecular flexibility index (Phi) is 7.14. The molecule has 0 bridgehead atoms. The number of sulfonamides is 1. The number of rotatable bonds is 8. The number of carbonyl (C=O) groups excluding carboxylic acids is 1. The molecular weight excluding hydrogens is 434 g/mol. The predicted molar refractivity (Wildman–Crippen MR) is 122 cm³/mol. The number of H-pyrrole nitrogens is 1. The first kappa shape index (κ1) is 23.0. The second-order valence-corrected chi connectivity index (χ2v) is 10.5. The summed E-state index contributed by atoms with van der Waals surface area (Å²) in [6, 6.07) is 14.2. The van der Waals surface area contributed by atoms with Crippen LogP contribution in [0.15, 0.2) is 58.6 Å². The number of hydrogen-bond donors (Lipinski definition) is 2. The molecule has 0 aliphatic heterocycles. The molecule has 2 aromatic carbocycles. The Hall–Kier alpha value is -2.69. The summed E-state index contributed by atoms with van der Waals surface area (Å²) in [6.07, 6.45) is 0.967. The SMILES string of the molecule is CCc1ccc(-c2nc(SC(C)C(=O)Nc3cccc(S(=O)(=O)N(C)C)c3)n[nH]2)cc1. The zero-order valence-electron chi connectivity index (χ0n) is 17.8. The molecule has 10 heteroatoms. The van der Waals surface area contributed by atoms with Gasteiger partial charge in [0.2, 0.25) is 21.1 Å². The van der Waals surface area contributed by atoms with Crippen molar-refractivity contribution < 1.29 is 13.2 Å². The van der Waals surface area contributed by atoms with Crippen molar-refractivity contribution in [2.24, 2.45) is 0 Å². The summed E-state index contributed by atoms with van der Waals surface area (Å²) in [6.45, 7) is 3.84. The van der Waals surface area contributed by atoms with Crippen molar-refractivity contribution >= 4 is 33.4 Å². The molecule has 164 valence electrons. The third kappa shape index (κ3) is 5.52. The summed E-state index contributed by atoms with van der Waals surface area (Å²) in [4.78, 5) is 17.2. The van der Waals surface area contributed by atoms with E-state index < -0.39 is 15.3 Å². The third-order valence-corrected chi connectivity index (χ3v) is 7.40. The molecule has 8 nitrogen and oxygen atoms in total. The Balaban J connectivity index is 1.66. The normalized spacial score (nSPS) is 12.7. The Bertz CT molecular complexity index is 1160. The molecule has 3 rings (SSSR count). The fourth-order valence-corrected chi connectivity index (χ4v) is 4.40. The van der Waals surface area contributed by atoms with Crippen LogP contribution in [0, 0.1) is 0 Å². The molecule has 1 heterocycles. The van der Waals surface area contributed by atoms with Crippen molar-refractivity contribution in [2.45, 2.75) is 35.6 Å². The zero-order valence-corrected chi connectivity index (χ0v) is 19.4. The van der Waals surface area contributed by atoms with Crippen LogP contribution in [0.25, 0.3) is 11.4 Å². The number of benzene rings is 2. The fourth-order valence-electron chi connectivity index (χ4n) is 2.73. The first-order valence-electron chi connectivity index (χ1n) is 9.72. The van der Waals surface area contributed by atoms with Crippen LogP contribution < -0.4 is 5.32 Å². The second-order valence-electron chi connectivity index (χ2n) is 7.08. The monoisotopic (exact) mass is 459 g/mol. The van der Waals surface area contributed by atoms with Gasteiger partial charge in [-0.1, -0.05) is 49.0 Å². The summed E-state index contributed by atoms with van der Waals surface area (Å²) < 4.78 is 25.7. The molecule has 1 amide bonds. The molecule has 0 fully saturated rings. The highest BCUT2D eigenvalue weighted by molar-refractivity contribution is 8.00. The Morgan fingerprint density at radius 3 is 2.55 bits per heavy atom. The van der Waals surface area contributed by atoms with E-state index in [1.54, 1.807) is 19.1 Å². The third-order valence-electron chi connectivity index (χ3n) is 4.63. The van der Waals surface area contributed by atoms with E-state index in [0.29, 0.717) is 16.7 Å². The Morgan fingerprint density at radius 2 is 1.90 bits per heavy atom. The highest BCUT2D eigenvalue weighted by Gasteiger charge is 2.20. The minimum atomic E-state index is -3.58. The van der Waals surface area contributed by atoms with Gasteiger partial charge in [0, 0.05) is 25.3 Å². The summed E-state index contributed by atoms with van der Waals surface area (Å²) in [7, 11) is -0.658. The molecule has 0 aliphatic carbocycles. The van der Waals surface area contributed by atoms with E-state index in [2.05, 4.69) is 27.4 Å². The van der Waals surface area contributed by atoms with Crippen molar-refractivity contribution in [2.75, 3.05) is 19.4 Å². The largest absolute Gasteiger partial charge is 0.325 e.